The second-order valence-electron chi connectivity index (χ2n) is 7.72. The molecule has 2 aromatic carbocycles. The highest BCUT2D eigenvalue weighted by atomic mass is 79.9. The number of Topliss-reactive ketones (excluding diaryl/α,β-unsaturated/α-hetero) is 1. The van der Waals surface area contributed by atoms with Gasteiger partial charge in [0.05, 0.1) is 11.1 Å². The van der Waals surface area contributed by atoms with E-state index < -0.39 is 0 Å². The number of hydrogen-bond acceptors (Lipinski definition) is 4. The minimum atomic E-state index is -0.0597. The number of ketones is 1. The predicted molar refractivity (Wildman–Crippen MR) is 111 cm³/mol. The van der Waals surface area contributed by atoms with Crippen LogP contribution in [0.3, 0.4) is 0 Å². The van der Waals surface area contributed by atoms with Crippen molar-refractivity contribution in [2.75, 3.05) is 6.73 Å². The fourth-order valence-corrected chi connectivity index (χ4v) is 4.63. The van der Waals surface area contributed by atoms with Gasteiger partial charge in [0.15, 0.2) is 5.76 Å². The summed E-state index contributed by atoms with van der Waals surface area (Å²) in [6, 6.07) is 12.1. The molecule has 0 bridgehead atoms. The van der Waals surface area contributed by atoms with E-state index in [1.807, 2.05) is 42.5 Å². The molecule has 0 spiro atoms. The van der Waals surface area contributed by atoms with Gasteiger partial charge in [-0.1, -0.05) is 47.3 Å². The van der Waals surface area contributed by atoms with Gasteiger partial charge in [0.2, 0.25) is 5.78 Å². The summed E-state index contributed by atoms with van der Waals surface area (Å²) in [4.78, 5) is 15.3. The Bertz CT molecular complexity index is 945. The van der Waals surface area contributed by atoms with Crippen molar-refractivity contribution in [3.8, 4) is 11.5 Å². The van der Waals surface area contributed by atoms with Gasteiger partial charge in [-0.25, -0.2) is 0 Å². The lowest BCUT2D eigenvalue weighted by Gasteiger charge is -2.37. The standard InChI is InChI=1S/C23H22BrNO3/c24-16-8-6-15(7-9-16)12-21-22(26)18-10-11-20-19(23(18)28-21)13-25(14-27-20)17-4-2-1-3-5-17/h6-12,17H,1-5,13-14H2/b21-12-. The highest BCUT2D eigenvalue weighted by molar-refractivity contribution is 9.10. The Kier molecular flexibility index (Phi) is 4.73. The van der Waals surface area contributed by atoms with E-state index in [1.54, 1.807) is 0 Å². The summed E-state index contributed by atoms with van der Waals surface area (Å²) in [5.74, 6) is 1.82. The molecule has 2 aliphatic heterocycles. The first-order valence-electron chi connectivity index (χ1n) is 9.91. The van der Waals surface area contributed by atoms with Crippen molar-refractivity contribution in [1.82, 2.24) is 4.90 Å². The number of allylic oxidation sites excluding steroid dienone is 1. The summed E-state index contributed by atoms with van der Waals surface area (Å²) in [5.41, 5.74) is 2.58. The Morgan fingerprint density at radius 3 is 2.61 bits per heavy atom. The number of carbonyl (C=O) groups is 1. The molecular weight excluding hydrogens is 418 g/mol. The van der Waals surface area contributed by atoms with Crippen molar-refractivity contribution in [1.29, 1.82) is 0 Å². The van der Waals surface area contributed by atoms with Crippen LogP contribution in [0.15, 0.2) is 46.6 Å². The third-order valence-electron chi connectivity index (χ3n) is 5.90. The van der Waals surface area contributed by atoms with Crippen LogP contribution >= 0.6 is 15.9 Å². The van der Waals surface area contributed by atoms with E-state index in [1.165, 1.54) is 32.1 Å². The molecule has 0 radical (unpaired) electrons. The molecule has 5 rings (SSSR count). The van der Waals surface area contributed by atoms with Crippen molar-refractivity contribution in [3.05, 3.63) is 63.3 Å². The molecule has 28 heavy (non-hydrogen) atoms. The first-order valence-corrected chi connectivity index (χ1v) is 10.7. The molecule has 4 nitrogen and oxygen atoms in total. The van der Waals surface area contributed by atoms with Crippen molar-refractivity contribution < 1.29 is 14.3 Å². The van der Waals surface area contributed by atoms with Gasteiger partial charge in [0, 0.05) is 17.1 Å². The van der Waals surface area contributed by atoms with Gasteiger partial charge < -0.3 is 9.47 Å². The van der Waals surface area contributed by atoms with Crippen molar-refractivity contribution in [3.63, 3.8) is 0 Å². The highest BCUT2D eigenvalue weighted by Gasteiger charge is 2.35. The number of halogens is 1. The fourth-order valence-electron chi connectivity index (χ4n) is 4.37. The molecule has 5 heteroatoms. The molecule has 1 aliphatic carbocycles. The summed E-state index contributed by atoms with van der Waals surface area (Å²) in [6.45, 7) is 1.40. The lowest BCUT2D eigenvalue weighted by atomic mass is 9.93. The van der Waals surface area contributed by atoms with Gasteiger partial charge >= 0.3 is 0 Å². The van der Waals surface area contributed by atoms with E-state index in [4.69, 9.17) is 9.47 Å². The molecule has 3 aliphatic rings. The van der Waals surface area contributed by atoms with E-state index in [2.05, 4.69) is 20.8 Å². The van der Waals surface area contributed by atoms with Crippen molar-refractivity contribution in [2.45, 2.75) is 44.7 Å². The molecule has 2 aromatic rings. The first kappa shape index (κ1) is 18.0. The molecule has 0 aromatic heterocycles. The maximum absolute atomic E-state index is 12.9. The maximum atomic E-state index is 12.9. The van der Waals surface area contributed by atoms with Crippen molar-refractivity contribution in [2.24, 2.45) is 0 Å². The molecule has 0 amide bonds. The molecule has 144 valence electrons. The van der Waals surface area contributed by atoms with Crippen LogP contribution < -0.4 is 9.47 Å². The largest absolute Gasteiger partial charge is 0.478 e. The number of nitrogens with zero attached hydrogens (tertiary/aromatic N) is 1. The second kappa shape index (κ2) is 7.37. The predicted octanol–water partition coefficient (Wildman–Crippen LogP) is 5.55. The molecule has 1 fully saturated rings. The molecule has 0 saturated heterocycles. The lowest BCUT2D eigenvalue weighted by molar-refractivity contribution is 0.0394. The van der Waals surface area contributed by atoms with Crippen molar-refractivity contribution >= 4 is 27.8 Å². The van der Waals surface area contributed by atoms with Gasteiger partial charge in [-0.3, -0.25) is 9.69 Å². The average molecular weight is 440 g/mol. The Labute approximate surface area is 173 Å². The van der Waals surface area contributed by atoms with Crippen LogP contribution in [0, 0.1) is 0 Å². The zero-order valence-corrected chi connectivity index (χ0v) is 17.2. The first-order chi connectivity index (χ1) is 13.7. The van der Waals surface area contributed by atoms with E-state index in [-0.39, 0.29) is 5.78 Å². The van der Waals surface area contributed by atoms with Gasteiger partial charge in [-0.2, -0.15) is 0 Å². The summed E-state index contributed by atoms with van der Waals surface area (Å²) in [6.07, 6.45) is 8.17. The summed E-state index contributed by atoms with van der Waals surface area (Å²) >= 11 is 3.44. The lowest BCUT2D eigenvalue weighted by Crippen LogP contribution is -2.41. The van der Waals surface area contributed by atoms with E-state index >= 15 is 0 Å². The van der Waals surface area contributed by atoms with Gasteiger partial charge in [-0.05, 0) is 48.7 Å². The van der Waals surface area contributed by atoms with Gasteiger partial charge in [-0.15, -0.1) is 0 Å². The Balaban J connectivity index is 1.44. The quantitative estimate of drug-likeness (QED) is 0.574. The summed E-state index contributed by atoms with van der Waals surface area (Å²) < 4.78 is 13.1. The van der Waals surface area contributed by atoms with Crippen LogP contribution in [-0.2, 0) is 6.54 Å². The van der Waals surface area contributed by atoms with Crippen LogP contribution in [0.5, 0.6) is 11.5 Å². The highest BCUT2D eigenvalue weighted by Crippen LogP contribution is 2.43. The molecule has 2 heterocycles. The third kappa shape index (κ3) is 3.27. The van der Waals surface area contributed by atoms with Crippen LogP contribution in [-0.4, -0.2) is 23.5 Å². The number of fused-ring (bicyclic) bond motifs is 3. The fraction of sp³-hybridized carbons (Fsp3) is 0.348. The summed E-state index contributed by atoms with van der Waals surface area (Å²) in [7, 11) is 0. The van der Waals surface area contributed by atoms with Crippen LogP contribution in [0.4, 0.5) is 0 Å². The smallest absolute Gasteiger partial charge is 0.231 e. The zero-order chi connectivity index (χ0) is 19.1. The zero-order valence-electron chi connectivity index (χ0n) is 15.6. The van der Waals surface area contributed by atoms with Gasteiger partial charge in [0.1, 0.15) is 18.2 Å². The molecule has 0 N–H and O–H groups in total. The minimum absolute atomic E-state index is 0.0597. The second-order valence-corrected chi connectivity index (χ2v) is 8.64. The molecule has 1 saturated carbocycles. The normalized spacial score (nSPS) is 21.2. The topological polar surface area (TPSA) is 38.8 Å². The molecular formula is C23H22BrNO3. The van der Waals surface area contributed by atoms with Gasteiger partial charge in [0.25, 0.3) is 0 Å². The number of carbonyl (C=O) groups excluding carboxylic acids is 1. The monoisotopic (exact) mass is 439 g/mol. The number of hydrogen-bond donors (Lipinski definition) is 0. The maximum Gasteiger partial charge on any atom is 0.231 e. The Morgan fingerprint density at radius 1 is 1.04 bits per heavy atom. The number of rotatable bonds is 2. The van der Waals surface area contributed by atoms with E-state index in [0.29, 0.717) is 29.8 Å². The third-order valence-corrected chi connectivity index (χ3v) is 6.43. The van der Waals surface area contributed by atoms with Crippen LogP contribution in [0.25, 0.3) is 6.08 Å². The van der Waals surface area contributed by atoms with Crippen LogP contribution in [0.2, 0.25) is 0 Å². The average Bonchev–Trinajstić information content (AvgIpc) is 3.06. The number of ether oxygens (including phenoxy) is 2. The summed E-state index contributed by atoms with van der Waals surface area (Å²) in [5, 5.41) is 0. The van der Waals surface area contributed by atoms with Crippen LogP contribution in [0.1, 0.15) is 53.6 Å². The Morgan fingerprint density at radius 2 is 1.82 bits per heavy atom. The minimum Gasteiger partial charge on any atom is -0.478 e. The SMILES string of the molecule is O=C1/C(=C/c2ccc(Br)cc2)Oc2c1ccc1c2CN(C2CCCCC2)CO1. The Hall–Kier alpha value is -2.11. The molecule has 0 unspecified atom stereocenters. The van der Waals surface area contributed by atoms with E-state index in [9.17, 15) is 4.79 Å². The van der Waals surface area contributed by atoms with E-state index in [0.717, 1.165) is 27.9 Å². The number of benzene rings is 2. The molecule has 0 atom stereocenters.